The summed E-state index contributed by atoms with van der Waals surface area (Å²) in [6, 6.07) is 35.3. The molecule has 1 aliphatic heterocycles. The predicted octanol–water partition coefficient (Wildman–Crippen LogP) is 6.56. The summed E-state index contributed by atoms with van der Waals surface area (Å²) in [6.45, 7) is 2.02. The molecular formula is C31H28N2O2. The van der Waals surface area contributed by atoms with Gasteiger partial charge in [-0.3, -0.25) is 0 Å². The Balaban J connectivity index is 1.28. The van der Waals surface area contributed by atoms with Crippen molar-refractivity contribution in [1.29, 1.82) is 0 Å². The van der Waals surface area contributed by atoms with Gasteiger partial charge in [0.25, 0.3) is 0 Å². The van der Waals surface area contributed by atoms with Crippen LogP contribution in [0.1, 0.15) is 34.0 Å². The average Bonchev–Trinajstić information content (AvgIpc) is 3.30. The SMILES string of the molecule is c1ccc(COc2ccc3[nH]c4c(c3c2)CCNC4c2ccccc2OCc2ccccc2)cc1. The number of aromatic nitrogens is 1. The zero-order valence-electron chi connectivity index (χ0n) is 19.5. The number of fused-ring (bicyclic) bond motifs is 3. The monoisotopic (exact) mass is 460 g/mol. The van der Waals surface area contributed by atoms with Crippen LogP contribution in [-0.4, -0.2) is 11.5 Å². The largest absolute Gasteiger partial charge is 0.489 e. The normalized spacial score (nSPS) is 15.0. The quantitative estimate of drug-likeness (QED) is 0.289. The summed E-state index contributed by atoms with van der Waals surface area (Å²) in [6.07, 6.45) is 0.973. The third kappa shape index (κ3) is 4.53. The molecule has 0 saturated carbocycles. The molecule has 35 heavy (non-hydrogen) atoms. The van der Waals surface area contributed by atoms with Crippen molar-refractivity contribution in [1.82, 2.24) is 10.3 Å². The van der Waals surface area contributed by atoms with E-state index in [0.717, 1.165) is 41.1 Å². The van der Waals surface area contributed by atoms with Gasteiger partial charge in [0.15, 0.2) is 0 Å². The lowest BCUT2D eigenvalue weighted by atomic mass is 9.94. The van der Waals surface area contributed by atoms with E-state index in [1.807, 2.05) is 48.5 Å². The fourth-order valence-electron chi connectivity index (χ4n) is 4.89. The predicted molar refractivity (Wildman–Crippen MR) is 140 cm³/mol. The van der Waals surface area contributed by atoms with Crippen LogP contribution in [0.15, 0.2) is 103 Å². The van der Waals surface area contributed by atoms with E-state index in [1.165, 1.54) is 22.2 Å². The summed E-state index contributed by atoms with van der Waals surface area (Å²) in [4.78, 5) is 3.69. The van der Waals surface area contributed by atoms with Crippen LogP contribution >= 0.6 is 0 Å². The van der Waals surface area contributed by atoms with Gasteiger partial charge in [-0.2, -0.15) is 0 Å². The maximum atomic E-state index is 6.28. The molecule has 0 spiro atoms. The van der Waals surface area contributed by atoms with E-state index in [9.17, 15) is 0 Å². The second-order valence-corrected chi connectivity index (χ2v) is 8.95. The van der Waals surface area contributed by atoms with Gasteiger partial charge in [-0.15, -0.1) is 0 Å². The summed E-state index contributed by atoms with van der Waals surface area (Å²) >= 11 is 0. The molecular weight excluding hydrogens is 432 g/mol. The topological polar surface area (TPSA) is 46.3 Å². The molecule has 2 heterocycles. The molecule has 5 aromatic rings. The van der Waals surface area contributed by atoms with E-state index in [0.29, 0.717) is 13.2 Å². The van der Waals surface area contributed by atoms with Crippen LogP contribution in [0, 0.1) is 0 Å². The Bertz CT molecular complexity index is 1430. The molecule has 0 fully saturated rings. The van der Waals surface area contributed by atoms with E-state index in [2.05, 4.69) is 64.9 Å². The van der Waals surface area contributed by atoms with Crippen molar-refractivity contribution in [3.8, 4) is 11.5 Å². The van der Waals surface area contributed by atoms with Crippen LogP contribution in [0.2, 0.25) is 0 Å². The number of nitrogens with one attached hydrogen (secondary N) is 2. The van der Waals surface area contributed by atoms with Crippen LogP contribution < -0.4 is 14.8 Å². The highest BCUT2D eigenvalue weighted by atomic mass is 16.5. The van der Waals surface area contributed by atoms with Gasteiger partial charge in [-0.05, 0) is 47.4 Å². The zero-order chi connectivity index (χ0) is 23.5. The lowest BCUT2D eigenvalue weighted by molar-refractivity contribution is 0.300. The molecule has 1 unspecified atom stereocenters. The number of rotatable bonds is 7. The number of hydrogen-bond acceptors (Lipinski definition) is 3. The second-order valence-electron chi connectivity index (χ2n) is 8.95. The first-order chi connectivity index (χ1) is 17.3. The molecule has 0 radical (unpaired) electrons. The van der Waals surface area contributed by atoms with E-state index in [-0.39, 0.29) is 6.04 Å². The van der Waals surface area contributed by atoms with Gasteiger partial charge in [0, 0.05) is 28.7 Å². The van der Waals surface area contributed by atoms with Crippen LogP contribution in [0.3, 0.4) is 0 Å². The maximum Gasteiger partial charge on any atom is 0.124 e. The first kappa shape index (κ1) is 21.5. The van der Waals surface area contributed by atoms with E-state index in [4.69, 9.17) is 9.47 Å². The molecule has 4 aromatic carbocycles. The lowest BCUT2D eigenvalue weighted by Crippen LogP contribution is -2.30. The number of para-hydroxylation sites is 1. The third-order valence-electron chi connectivity index (χ3n) is 6.64. The fourth-order valence-corrected chi connectivity index (χ4v) is 4.89. The standard InChI is InChI=1S/C31H28N2O2/c1-3-9-22(10-4-1)20-34-24-15-16-28-27(19-24)25-17-18-32-30(31(25)33-28)26-13-7-8-14-29(26)35-21-23-11-5-2-6-12-23/h1-16,19,30,32-33H,17-18,20-21H2. The van der Waals surface area contributed by atoms with Gasteiger partial charge in [0.05, 0.1) is 6.04 Å². The summed E-state index contributed by atoms with van der Waals surface area (Å²) in [5.41, 5.74) is 7.18. The Labute approximate surface area is 205 Å². The highest BCUT2D eigenvalue weighted by Crippen LogP contribution is 2.38. The maximum absolute atomic E-state index is 6.28. The number of ether oxygens (including phenoxy) is 2. The Morgan fingerprint density at radius 1 is 0.714 bits per heavy atom. The minimum Gasteiger partial charge on any atom is -0.489 e. The van der Waals surface area contributed by atoms with Crippen LogP contribution in [0.25, 0.3) is 10.9 Å². The second kappa shape index (κ2) is 9.69. The molecule has 0 amide bonds. The average molecular weight is 461 g/mol. The molecule has 1 aliphatic rings. The molecule has 0 saturated heterocycles. The minimum atomic E-state index is 0.0480. The van der Waals surface area contributed by atoms with E-state index >= 15 is 0 Å². The van der Waals surface area contributed by atoms with Crippen molar-refractivity contribution < 1.29 is 9.47 Å². The summed E-state index contributed by atoms with van der Waals surface area (Å²) in [5, 5.41) is 4.95. The molecule has 6 rings (SSSR count). The van der Waals surface area contributed by atoms with Crippen LogP contribution in [0.4, 0.5) is 0 Å². The summed E-state index contributed by atoms with van der Waals surface area (Å²) in [5.74, 6) is 1.80. The first-order valence-electron chi connectivity index (χ1n) is 12.2. The minimum absolute atomic E-state index is 0.0480. The molecule has 4 heteroatoms. The fraction of sp³-hybridized carbons (Fsp3) is 0.161. The van der Waals surface area contributed by atoms with Gasteiger partial charge >= 0.3 is 0 Å². The number of hydrogen-bond donors (Lipinski definition) is 2. The van der Waals surface area contributed by atoms with Crippen molar-refractivity contribution >= 4 is 10.9 Å². The Hall–Kier alpha value is -4.02. The van der Waals surface area contributed by atoms with Gasteiger partial charge < -0.3 is 19.8 Å². The van der Waals surface area contributed by atoms with Crippen molar-refractivity contribution in [2.75, 3.05) is 6.54 Å². The molecule has 1 aromatic heterocycles. The number of benzene rings is 4. The van der Waals surface area contributed by atoms with Crippen molar-refractivity contribution in [2.24, 2.45) is 0 Å². The third-order valence-corrected chi connectivity index (χ3v) is 6.64. The van der Waals surface area contributed by atoms with Crippen molar-refractivity contribution in [2.45, 2.75) is 25.7 Å². The van der Waals surface area contributed by atoms with E-state index < -0.39 is 0 Å². The van der Waals surface area contributed by atoms with Gasteiger partial charge in [0.2, 0.25) is 0 Å². The molecule has 0 bridgehead atoms. The van der Waals surface area contributed by atoms with E-state index in [1.54, 1.807) is 0 Å². The summed E-state index contributed by atoms with van der Waals surface area (Å²) < 4.78 is 12.4. The molecule has 1 atom stereocenters. The van der Waals surface area contributed by atoms with Gasteiger partial charge in [-0.1, -0.05) is 78.9 Å². The Morgan fingerprint density at radius 2 is 1.40 bits per heavy atom. The number of H-pyrrole nitrogens is 1. The van der Waals surface area contributed by atoms with Crippen molar-refractivity contribution in [3.63, 3.8) is 0 Å². The molecule has 174 valence electrons. The Kier molecular flexibility index (Phi) is 5.95. The smallest absolute Gasteiger partial charge is 0.124 e. The molecule has 0 aliphatic carbocycles. The molecule has 4 nitrogen and oxygen atoms in total. The first-order valence-corrected chi connectivity index (χ1v) is 12.2. The highest BCUT2D eigenvalue weighted by Gasteiger charge is 2.27. The van der Waals surface area contributed by atoms with Gasteiger partial charge in [-0.25, -0.2) is 0 Å². The van der Waals surface area contributed by atoms with Gasteiger partial charge in [0.1, 0.15) is 24.7 Å². The van der Waals surface area contributed by atoms with Crippen molar-refractivity contribution in [3.05, 3.63) is 131 Å². The summed E-state index contributed by atoms with van der Waals surface area (Å²) in [7, 11) is 0. The number of aromatic amines is 1. The van der Waals surface area contributed by atoms with Crippen LogP contribution in [-0.2, 0) is 19.6 Å². The molecule has 2 N–H and O–H groups in total. The van der Waals surface area contributed by atoms with Crippen LogP contribution in [0.5, 0.6) is 11.5 Å². The Morgan fingerprint density at radius 3 is 2.17 bits per heavy atom. The highest BCUT2D eigenvalue weighted by molar-refractivity contribution is 5.86. The zero-order valence-corrected chi connectivity index (χ0v) is 19.5. The lowest BCUT2D eigenvalue weighted by Gasteiger charge is -2.26.